The summed E-state index contributed by atoms with van der Waals surface area (Å²) in [4.78, 5) is 26.5. The molecule has 1 amide bonds. The van der Waals surface area contributed by atoms with Gasteiger partial charge < -0.3 is 14.8 Å². The van der Waals surface area contributed by atoms with E-state index in [0.717, 1.165) is 16.7 Å². The Bertz CT molecular complexity index is 1650. The van der Waals surface area contributed by atoms with Crippen LogP contribution in [-0.2, 0) is 6.61 Å². The number of amides is 1. The van der Waals surface area contributed by atoms with Crippen LogP contribution in [0.2, 0.25) is 5.02 Å². The molecule has 0 saturated carbocycles. The van der Waals surface area contributed by atoms with Crippen LogP contribution in [0.3, 0.4) is 0 Å². The van der Waals surface area contributed by atoms with Gasteiger partial charge in [-0.2, -0.15) is 0 Å². The van der Waals surface area contributed by atoms with Gasteiger partial charge in [-0.25, -0.2) is 0 Å². The molecule has 0 aliphatic heterocycles. The average Bonchev–Trinajstić information content (AvgIpc) is 3.02. The van der Waals surface area contributed by atoms with E-state index >= 15 is 0 Å². The summed E-state index contributed by atoms with van der Waals surface area (Å²) >= 11 is 6.20. The lowest BCUT2D eigenvalue weighted by Gasteiger charge is -2.15. The SMILES string of the molecule is CCOc1ccc(C(=O)Nc2ccc(Cl)cc2C(=O)c2ccccc2)cc1COc1ccc(-c2ccccc2)cc1. The Labute approximate surface area is 244 Å². The van der Waals surface area contributed by atoms with Crippen molar-refractivity contribution < 1.29 is 19.1 Å². The van der Waals surface area contributed by atoms with Gasteiger partial charge in [0.15, 0.2) is 5.78 Å². The zero-order valence-corrected chi connectivity index (χ0v) is 23.2. The summed E-state index contributed by atoms with van der Waals surface area (Å²) in [5.74, 6) is 0.733. The van der Waals surface area contributed by atoms with Gasteiger partial charge in [-0.1, -0.05) is 84.4 Å². The highest BCUT2D eigenvalue weighted by atomic mass is 35.5. The zero-order chi connectivity index (χ0) is 28.6. The number of hydrogen-bond acceptors (Lipinski definition) is 4. The quantitative estimate of drug-likeness (QED) is 0.174. The molecule has 204 valence electrons. The van der Waals surface area contributed by atoms with Crippen LogP contribution in [-0.4, -0.2) is 18.3 Å². The van der Waals surface area contributed by atoms with Crippen LogP contribution in [0.5, 0.6) is 11.5 Å². The van der Waals surface area contributed by atoms with Crippen molar-refractivity contribution in [1.82, 2.24) is 0 Å². The summed E-state index contributed by atoms with van der Waals surface area (Å²) in [5.41, 5.74) is 4.54. The molecule has 0 saturated heterocycles. The van der Waals surface area contributed by atoms with Crippen LogP contribution >= 0.6 is 11.6 Å². The van der Waals surface area contributed by atoms with Gasteiger partial charge in [-0.05, 0) is 66.6 Å². The van der Waals surface area contributed by atoms with Gasteiger partial charge in [0.1, 0.15) is 18.1 Å². The lowest BCUT2D eigenvalue weighted by atomic mass is 10.0. The average molecular weight is 562 g/mol. The second kappa shape index (κ2) is 13.0. The van der Waals surface area contributed by atoms with Gasteiger partial charge in [0, 0.05) is 27.3 Å². The van der Waals surface area contributed by atoms with E-state index in [9.17, 15) is 9.59 Å². The predicted octanol–water partition coefficient (Wildman–Crippen LogP) is 8.47. The summed E-state index contributed by atoms with van der Waals surface area (Å²) in [5, 5.41) is 3.28. The summed E-state index contributed by atoms with van der Waals surface area (Å²) in [6.45, 7) is 2.58. The second-order valence-corrected chi connectivity index (χ2v) is 9.71. The van der Waals surface area contributed by atoms with Gasteiger partial charge >= 0.3 is 0 Å². The highest BCUT2D eigenvalue weighted by Gasteiger charge is 2.18. The molecule has 0 aliphatic carbocycles. The Morgan fingerprint density at radius 1 is 0.707 bits per heavy atom. The van der Waals surface area contributed by atoms with Crippen LogP contribution in [0, 0.1) is 0 Å². The van der Waals surface area contributed by atoms with Gasteiger partial charge in [0.2, 0.25) is 0 Å². The Kier molecular flexibility index (Phi) is 8.77. The first kappa shape index (κ1) is 27.7. The maximum absolute atomic E-state index is 13.3. The van der Waals surface area contributed by atoms with Gasteiger partial charge in [-0.15, -0.1) is 0 Å². The van der Waals surface area contributed by atoms with Gasteiger partial charge in [0.05, 0.1) is 12.3 Å². The third-order valence-corrected chi connectivity index (χ3v) is 6.72. The lowest BCUT2D eigenvalue weighted by molar-refractivity contribution is 0.102. The van der Waals surface area contributed by atoms with Crippen LogP contribution in [0.15, 0.2) is 121 Å². The molecule has 5 aromatic rings. The fourth-order valence-corrected chi connectivity index (χ4v) is 4.59. The molecule has 0 heterocycles. The van der Waals surface area contributed by atoms with Crippen molar-refractivity contribution in [2.24, 2.45) is 0 Å². The molecule has 6 heteroatoms. The number of benzene rings is 5. The van der Waals surface area contributed by atoms with E-state index in [2.05, 4.69) is 17.4 Å². The van der Waals surface area contributed by atoms with Crippen molar-refractivity contribution in [2.45, 2.75) is 13.5 Å². The smallest absolute Gasteiger partial charge is 0.255 e. The molecule has 0 unspecified atom stereocenters. The number of rotatable bonds is 10. The molecule has 0 bridgehead atoms. The number of carbonyl (C=O) groups excluding carboxylic acids is 2. The van der Waals surface area contributed by atoms with Gasteiger partial charge in [0.25, 0.3) is 5.91 Å². The van der Waals surface area contributed by atoms with E-state index in [4.69, 9.17) is 21.1 Å². The van der Waals surface area contributed by atoms with Crippen molar-refractivity contribution in [3.05, 3.63) is 149 Å². The monoisotopic (exact) mass is 561 g/mol. The highest BCUT2D eigenvalue weighted by Crippen LogP contribution is 2.27. The standard InChI is InChI=1S/C35H28ClNO4/c1-2-40-33-20-15-27(21-28(33)23-41-30-17-13-25(14-18-30)24-9-5-3-6-10-24)35(39)37-32-19-16-29(36)22-31(32)34(38)26-11-7-4-8-12-26/h3-22H,2,23H2,1H3,(H,37,39). The summed E-state index contributed by atoms with van der Waals surface area (Å²) in [6.07, 6.45) is 0. The van der Waals surface area contributed by atoms with E-state index in [-0.39, 0.29) is 18.3 Å². The van der Waals surface area contributed by atoms with Crippen molar-refractivity contribution in [3.8, 4) is 22.6 Å². The van der Waals surface area contributed by atoms with E-state index in [0.29, 0.717) is 45.5 Å². The number of ether oxygens (including phenoxy) is 2. The summed E-state index contributed by atoms with van der Waals surface area (Å²) < 4.78 is 11.9. The molecule has 5 rings (SSSR count). The molecule has 0 spiro atoms. The van der Waals surface area contributed by atoms with Crippen LogP contribution in [0.4, 0.5) is 5.69 Å². The first-order valence-corrected chi connectivity index (χ1v) is 13.6. The number of nitrogens with one attached hydrogen (secondary N) is 1. The third-order valence-electron chi connectivity index (χ3n) is 6.49. The highest BCUT2D eigenvalue weighted by molar-refractivity contribution is 6.31. The molecule has 0 fully saturated rings. The minimum Gasteiger partial charge on any atom is -0.493 e. The number of hydrogen-bond donors (Lipinski definition) is 1. The Hall–Kier alpha value is -4.87. The minimum atomic E-state index is -0.369. The fraction of sp³-hybridized carbons (Fsp3) is 0.0857. The van der Waals surface area contributed by atoms with Crippen LogP contribution in [0.1, 0.15) is 38.8 Å². The van der Waals surface area contributed by atoms with Gasteiger partial charge in [-0.3, -0.25) is 9.59 Å². The van der Waals surface area contributed by atoms with E-state index in [1.54, 1.807) is 60.7 Å². The third kappa shape index (κ3) is 6.83. The van der Waals surface area contributed by atoms with Crippen molar-refractivity contribution >= 4 is 29.0 Å². The van der Waals surface area contributed by atoms with Crippen molar-refractivity contribution in [2.75, 3.05) is 11.9 Å². The van der Waals surface area contributed by atoms with E-state index < -0.39 is 0 Å². The molecule has 1 N–H and O–H groups in total. The summed E-state index contributed by atoms with van der Waals surface area (Å²) in [7, 11) is 0. The fourth-order valence-electron chi connectivity index (χ4n) is 4.42. The largest absolute Gasteiger partial charge is 0.493 e. The van der Waals surface area contributed by atoms with Crippen molar-refractivity contribution in [3.63, 3.8) is 0 Å². The van der Waals surface area contributed by atoms with E-state index in [1.807, 2.05) is 55.5 Å². The van der Waals surface area contributed by atoms with Crippen LogP contribution in [0.25, 0.3) is 11.1 Å². The molecule has 0 aliphatic rings. The maximum atomic E-state index is 13.3. The number of ketones is 1. The number of halogens is 1. The van der Waals surface area contributed by atoms with Crippen LogP contribution < -0.4 is 14.8 Å². The maximum Gasteiger partial charge on any atom is 0.255 e. The Morgan fingerprint density at radius 2 is 1.39 bits per heavy atom. The predicted molar refractivity (Wildman–Crippen MR) is 163 cm³/mol. The Balaban J connectivity index is 1.34. The first-order valence-electron chi connectivity index (χ1n) is 13.3. The first-order chi connectivity index (χ1) is 20.0. The summed E-state index contributed by atoms with van der Waals surface area (Å²) in [6, 6.07) is 36.9. The number of anilines is 1. The topological polar surface area (TPSA) is 64.6 Å². The number of carbonyl (C=O) groups is 2. The normalized spacial score (nSPS) is 10.6. The molecule has 41 heavy (non-hydrogen) atoms. The van der Waals surface area contributed by atoms with E-state index in [1.165, 1.54) is 0 Å². The van der Waals surface area contributed by atoms with Crippen molar-refractivity contribution in [1.29, 1.82) is 0 Å². The molecule has 0 atom stereocenters. The zero-order valence-electron chi connectivity index (χ0n) is 22.5. The minimum absolute atomic E-state index is 0.208. The molecule has 0 aromatic heterocycles. The molecular weight excluding hydrogens is 534 g/mol. The Morgan fingerprint density at radius 3 is 2.10 bits per heavy atom. The molecular formula is C35H28ClNO4. The molecule has 0 radical (unpaired) electrons. The second-order valence-electron chi connectivity index (χ2n) is 9.27. The lowest BCUT2D eigenvalue weighted by Crippen LogP contribution is -2.16. The molecule has 5 aromatic carbocycles. The molecule has 5 nitrogen and oxygen atoms in total.